The molecule has 100 valence electrons. The summed E-state index contributed by atoms with van der Waals surface area (Å²) in [5.41, 5.74) is 1.00. The second-order valence-electron chi connectivity index (χ2n) is 5.01. The summed E-state index contributed by atoms with van der Waals surface area (Å²) in [6, 6.07) is 1.94. The number of nitriles is 1. The van der Waals surface area contributed by atoms with Gasteiger partial charge in [-0.25, -0.2) is 9.97 Å². The van der Waals surface area contributed by atoms with Gasteiger partial charge in [0.05, 0.1) is 28.9 Å². The maximum atomic E-state index is 8.68. The molecule has 2 aliphatic rings. The number of anilines is 1. The Balaban J connectivity index is 1.59. The minimum absolute atomic E-state index is 0.227. The van der Waals surface area contributed by atoms with E-state index in [1.165, 1.54) is 0 Å². The Bertz CT molecular complexity index is 492. The molecule has 2 fully saturated rings. The Hall–Kier alpha value is -1.32. The third-order valence-electron chi connectivity index (χ3n) is 3.64. The van der Waals surface area contributed by atoms with Crippen LogP contribution in [0.1, 0.15) is 19.2 Å². The molecule has 19 heavy (non-hydrogen) atoms. The van der Waals surface area contributed by atoms with E-state index in [0.717, 1.165) is 37.6 Å². The van der Waals surface area contributed by atoms with E-state index in [1.54, 1.807) is 12.4 Å². The van der Waals surface area contributed by atoms with Crippen molar-refractivity contribution >= 4 is 17.4 Å². The largest absolute Gasteiger partial charge is 0.378 e. The lowest BCUT2D eigenvalue weighted by atomic mass is 9.92. The number of nitrogens with zero attached hydrogens (tertiary/aromatic N) is 4. The number of aromatic nitrogens is 2. The highest BCUT2D eigenvalue weighted by molar-refractivity contribution is 8.01. The van der Waals surface area contributed by atoms with Crippen molar-refractivity contribution in [1.82, 2.24) is 9.97 Å². The molecule has 1 unspecified atom stereocenters. The zero-order chi connectivity index (χ0) is 13.3. The second kappa shape index (κ2) is 4.99. The van der Waals surface area contributed by atoms with Crippen LogP contribution in [0.15, 0.2) is 12.4 Å². The molecule has 0 saturated carbocycles. The zero-order valence-electron chi connectivity index (χ0n) is 10.9. The Morgan fingerprint density at radius 2 is 2.26 bits per heavy atom. The monoisotopic (exact) mass is 276 g/mol. The van der Waals surface area contributed by atoms with Gasteiger partial charge in [-0.05, 0) is 13.3 Å². The van der Waals surface area contributed by atoms with E-state index in [4.69, 9.17) is 10.00 Å². The standard InChI is InChI=1S/C13H16N4OS/c1-2-18-11-3-13(19-7-11)8-17(9-13)10-5-15-12(4-14)16-6-10/h5-6,11H,2-3,7-9H2,1H3. The van der Waals surface area contributed by atoms with E-state index in [-0.39, 0.29) is 5.82 Å². The fraction of sp³-hybridized carbons (Fsp3) is 0.615. The molecule has 2 saturated heterocycles. The molecular formula is C13H16N4OS. The summed E-state index contributed by atoms with van der Waals surface area (Å²) in [4.78, 5) is 10.3. The highest BCUT2D eigenvalue weighted by Crippen LogP contribution is 2.47. The van der Waals surface area contributed by atoms with Crippen LogP contribution < -0.4 is 4.90 Å². The summed E-state index contributed by atoms with van der Waals surface area (Å²) in [5, 5.41) is 8.68. The topological polar surface area (TPSA) is 62.0 Å². The first-order chi connectivity index (χ1) is 9.24. The van der Waals surface area contributed by atoms with Crippen molar-refractivity contribution in [3.8, 4) is 6.07 Å². The summed E-state index contributed by atoms with van der Waals surface area (Å²) >= 11 is 2.03. The van der Waals surface area contributed by atoms with Gasteiger partial charge >= 0.3 is 0 Å². The molecule has 1 aromatic heterocycles. The predicted octanol–water partition coefficient (Wildman–Crippen LogP) is 1.45. The van der Waals surface area contributed by atoms with E-state index in [9.17, 15) is 0 Å². The first-order valence-electron chi connectivity index (χ1n) is 6.47. The van der Waals surface area contributed by atoms with Gasteiger partial charge in [0, 0.05) is 25.4 Å². The fourth-order valence-corrected chi connectivity index (χ4v) is 4.29. The van der Waals surface area contributed by atoms with Gasteiger partial charge in [-0.1, -0.05) is 0 Å². The van der Waals surface area contributed by atoms with Gasteiger partial charge in [0.15, 0.2) is 0 Å². The van der Waals surface area contributed by atoms with Crippen LogP contribution in [0.2, 0.25) is 0 Å². The molecule has 0 aliphatic carbocycles. The van der Waals surface area contributed by atoms with E-state index in [0.29, 0.717) is 10.9 Å². The quantitative estimate of drug-likeness (QED) is 0.832. The second-order valence-corrected chi connectivity index (χ2v) is 6.50. The zero-order valence-corrected chi connectivity index (χ0v) is 11.7. The van der Waals surface area contributed by atoms with Crippen molar-refractivity contribution in [2.75, 3.05) is 30.3 Å². The highest BCUT2D eigenvalue weighted by atomic mass is 32.2. The third kappa shape index (κ3) is 2.40. The molecule has 5 nitrogen and oxygen atoms in total. The van der Waals surface area contributed by atoms with Gasteiger partial charge in [-0.3, -0.25) is 0 Å². The van der Waals surface area contributed by atoms with Crippen molar-refractivity contribution in [1.29, 1.82) is 5.26 Å². The number of rotatable bonds is 3. The van der Waals surface area contributed by atoms with Crippen LogP contribution in [0.4, 0.5) is 5.69 Å². The molecule has 2 aliphatic heterocycles. The molecular weight excluding hydrogens is 260 g/mol. The average molecular weight is 276 g/mol. The molecule has 0 amide bonds. The van der Waals surface area contributed by atoms with Crippen LogP contribution in [0, 0.1) is 11.3 Å². The van der Waals surface area contributed by atoms with E-state index in [2.05, 4.69) is 21.8 Å². The molecule has 3 rings (SSSR count). The molecule has 0 bridgehead atoms. The van der Waals surface area contributed by atoms with Crippen LogP contribution in [0.5, 0.6) is 0 Å². The summed E-state index contributed by atoms with van der Waals surface area (Å²) in [5.74, 6) is 1.33. The van der Waals surface area contributed by atoms with Crippen LogP contribution in [0.3, 0.4) is 0 Å². The van der Waals surface area contributed by atoms with E-state index in [1.807, 2.05) is 17.8 Å². The van der Waals surface area contributed by atoms with Crippen molar-refractivity contribution in [2.45, 2.75) is 24.2 Å². The van der Waals surface area contributed by atoms with Crippen molar-refractivity contribution in [2.24, 2.45) is 0 Å². The van der Waals surface area contributed by atoms with Gasteiger partial charge in [0.25, 0.3) is 0 Å². The Kier molecular flexibility index (Phi) is 3.33. The van der Waals surface area contributed by atoms with Gasteiger partial charge in [-0.15, -0.1) is 11.8 Å². The van der Waals surface area contributed by atoms with Gasteiger partial charge in [-0.2, -0.15) is 5.26 Å². The van der Waals surface area contributed by atoms with Crippen LogP contribution >= 0.6 is 11.8 Å². The lowest BCUT2D eigenvalue weighted by molar-refractivity contribution is 0.0699. The van der Waals surface area contributed by atoms with E-state index >= 15 is 0 Å². The van der Waals surface area contributed by atoms with Gasteiger partial charge < -0.3 is 9.64 Å². The summed E-state index contributed by atoms with van der Waals surface area (Å²) in [7, 11) is 0. The van der Waals surface area contributed by atoms with Gasteiger partial charge in [0.1, 0.15) is 6.07 Å². The normalized spacial score (nSPS) is 24.2. The number of hydrogen-bond acceptors (Lipinski definition) is 6. The lowest BCUT2D eigenvalue weighted by Crippen LogP contribution is -2.59. The molecule has 1 spiro atoms. The minimum atomic E-state index is 0.227. The average Bonchev–Trinajstić information content (AvgIpc) is 2.82. The van der Waals surface area contributed by atoms with Crippen molar-refractivity contribution in [3.63, 3.8) is 0 Å². The number of ether oxygens (including phenoxy) is 1. The predicted molar refractivity (Wildman–Crippen MR) is 74.2 cm³/mol. The first kappa shape index (κ1) is 12.7. The molecule has 0 N–H and O–H groups in total. The molecule has 3 heterocycles. The maximum Gasteiger partial charge on any atom is 0.232 e. The van der Waals surface area contributed by atoms with Crippen LogP contribution in [-0.2, 0) is 4.74 Å². The fourth-order valence-electron chi connectivity index (χ4n) is 2.74. The minimum Gasteiger partial charge on any atom is -0.378 e. The van der Waals surface area contributed by atoms with Crippen LogP contribution in [0.25, 0.3) is 0 Å². The molecule has 6 heteroatoms. The summed E-state index contributed by atoms with van der Waals surface area (Å²) in [6.07, 6.45) is 5.02. The van der Waals surface area contributed by atoms with E-state index < -0.39 is 0 Å². The molecule has 0 radical (unpaired) electrons. The Morgan fingerprint density at radius 1 is 1.53 bits per heavy atom. The number of thioether (sulfide) groups is 1. The Morgan fingerprint density at radius 3 is 2.89 bits per heavy atom. The summed E-state index contributed by atoms with van der Waals surface area (Å²) < 4.78 is 6.06. The highest BCUT2D eigenvalue weighted by Gasteiger charge is 2.49. The van der Waals surface area contributed by atoms with Crippen LogP contribution in [-0.4, -0.2) is 46.3 Å². The molecule has 1 aromatic rings. The lowest BCUT2D eigenvalue weighted by Gasteiger charge is -2.48. The van der Waals surface area contributed by atoms with Gasteiger partial charge in [0.2, 0.25) is 5.82 Å². The van der Waals surface area contributed by atoms with Crippen molar-refractivity contribution in [3.05, 3.63) is 18.2 Å². The first-order valence-corrected chi connectivity index (χ1v) is 7.46. The smallest absolute Gasteiger partial charge is 0.232 e. The summed E-state index contributed by atoms with van der Waals surface area (Å²) in [6.45, 7) is 4.90. The Labute approximate surface area is 117 Å². The molecule has 1 atom stereocenters. The maximum absolute atomic E-state index is 8.68. The SMILES string of the molecule is CCOC1CSC2(C1)CN(c1cnc(C#N)nc1)C2. The molecule has 0 aromatic carbocycles. The third-order valence-corrected chi connectivity index (χ3v) is 5.21. The van der Waals surface area contributed by atoms with Crippen molar-refractivity contribution < 1.29 is 4.74 Å². The number of hydrogen-bond donors (Lipinski definition) is 0.